The molecule has 3 aromatic carbocycles. The van der Waals surface area contributed by atoms with Gasteiger partial charge in [0.2, 0.25) is 0 Å². The van der Waals surface area contributed by atoms with Crippen LogP contribution >= 0.6 is 0 Å². The Labute approximate surface area is 223 Å². The van der Waals surface area contributed by atoms with Crippen LogP contribution in [0, 0.1) is 12.3 Å². The molecule has 0 unspecified atom stereocenters. The predicted octanol–water partition coefficient (Wildman–Crippen LogP) is 3.87. The molecule has 0 radical (unpaired) electrons. The highest BCUT2D eigenvalue weighted by Crippen LogP contribution is 2.31. The summed E-state index contributed by atoms with van der Waals surface area (Å²) in [6.45, 7) is 1.30. The second-order valence-electron chi connectivity index (χ2n) is 9.21. The summed E-state index contributed by atoms with van der Waals surface area (Å²) in [6.07, 6.45) is 5.61. The van der Waals surface area contributed by atoms with Crippen molar-refractivity contribution in [1.82, 2.24) is 5.32 Å². The molecule has 7 heteroatoms. The lowest BCUT2D eigenvalue weighted by Gasteiger charge is -2.30. The molecule has 1 aliphatic rings. The summed E-state index contributed by atoms with van der Waals surface area (Å²) in [5.74, 6) is 1.62. The van der Waals surface area contributed by atoms with Crippen LogP contribution < -0.4 is 16.0 Å². The molecule has 0 bridgehead atoms. The zero-order valence-corrected chi connectivity index (χ0v) is 21.5. The molecule has 38 heavy (non-hydrogen) atoms. The highest BCUT2D eigenvalue weighted by atomic mass is 16.5. The van der Waals surface area contributed by atoms with Crippen LogP contribution in [-0.2, 0) is 20.7 Å². The number of amides is 2. The lowest BCUT2D eigenvalue weighted by molar-refractivity contribution is -0.119. The van der Waals surface area contributed by atoms with Gasteiger partial charge in [0.15, 0.2) is 0 Å². The van der Waals surface area contributed by atoms with E-state index < -0.39 is 24.0 Å². The van der Waals surface area contributed by atoms with Crippen LogP contribution in [0.5, 0.6) is 0 Å². The third kappa shape index (κ3) is 6.29. The Morgan fingerprint density at radius 1 is 1.03 bits per heavy atom. The number of terminal acetylenes is 1. The van der Waals surface area contributed by atoms with Crippen molar-refractivity contribution < 1.29 is 19.1 Å². The van der Waals surface area contributed by atoms with Gasteiger partial charge in [0.1, 0.15) is 6.10 Å². The number of rotatable bonds is 8. The molecular weight excluding hydrogens is 478 g/mol. The van der Waals surface area contributed by atoms with Gasteiger partial charge in [-0.3, -0.25) is 4.79 Å². The van der Waals surface area contributed by atoms with Crippen molar-refractivity contribution in [3.63, 3.8) is 0 Å². The summed E-state index contributed by atoms with van der Waals surface area (Å²) in [6, 6.07) is 25.4. The van der Waals surface area contributed by atoms with Gasteiger partial charge in [-0.15, -0.1) is 6.42 Å². The van der Waals surface area contributed by atoms with E-state index in [4.69, 9.17) is 21.6 Å². The van der Waals surface area contributed by atoms with Crippen LogP contribution in [0.15, 0.2) is 84.9 Å². The molecule has 0 saturated carbocycles. The maximum absolute atomic E-state index is 14.0. The number of methoxy groups -OCH3 is 1. The molecule has 3 atom stereocenters. The van der Waals surface area contributed by atoms with Gasteiger partial charge in [0.05, 0.1) is 24.9 Å². The first-order valence-electron chi connectivity index (χ1n) is 12.7. The Kier molecular flexibility index (Phi) is 9.28. The maximum atomic E-state index is 14.0. The fourth-order valence-corrected chi connectivity index (χ4v) is 4.85. The number of nitrogens with zero attached hydrogens (tertiary/aromatic N) is 1. The lowest BCUT2D eigenvalue weighted by atomic mass is 9.84. The average Bonchev–Trinajstić information content (AvgIpc) is 2.98. The van der Waals surface area contributed by atoms with Crippen molar-refractivity contribution in [3.8, 4) is 12.3 Å². The molecule has 4 rings (SSSR count). The smallest absolute Gasteiger partial charge is 0.420 e. The standard InChI is InChI=1S/C31H33N3O4/c1-3-25-20-33-21-26(38-25)19-18-22-12-10-11-17-27(22)34(31(36)37-2)30(35)29(32)28(23-13-6-4-7-14-23)24-15-8-5-9-16-24/h1,4-17,25-26,28-29,33H,18-21,32H2,2H3/t25-,26-,29+/m1/s1. The third-order valence-corrected chi connectivity index (χ3v) is 6.75. The highest BCUT2D eigenvalue weighted by Gasteiger charge is 2.36. The SMILES string of the molecule is C#C[C@@H]1CNC[C@@H](CCc2ccccc2N(C(=O)OC)C(=O)[C@@H](N)C(c2ccccc2)c2ccccc2)O1. The number of morpholine rings is 1. The number of nitrogens with two attached hydrogens (primary N) is 1. The van der Waals surface area contributed by atoms with E-state index in [2.05, 4.69) is 11.2 Å². The van der Waals surface area contributed by atoms with Gasteiger partial charge in [-0.2, -0.15) is 0 Å². The second-order valence-corrected chi connectivity index (χ2v) is 9.21. The zero-order valence-electron chi connectivity index (χ0n) is 21.5. The molecular formula is C31H33N3O4. The quantitative estimate of drug-likeness (QED) is 0.446. The Balaban J connectivity index is 1.64. The number of aryl methyl sites for hydroxylation is 1. The fourth-order valence-electron chi connectivity index (χ4n) is 4.85. The van der Waals surface area contributed by atoms with Crippen molar-refractivity contribution >= 4 is 17.7 Å². The molecule has 1 aliphatic heterocycles. The van der Waals surface area contributed by atoms with Crippen LogP contribution in [0.25, 0.3) is 0 Å². The predicted molar refractivity (Wildman–Crippen MR) is 148 cm³/mol. The fraction of sp³-hybridized carbons (Fsp3) is 0.290. The minimum atomic E-state index is -1.05. The first-order chi connectivity index (χ1) is 18.5. The van der Waals surface area contributed by atoms with Crippen LogP contribution in [0.4, 0.5) is 10.5 Å². The van der Waals surface area contributed by atoms with E-state index in [1.165, 1.54) is 7.11 Å². The van der Waals surface area contributed by atoms with Gasteiger partial charge in [-0.25, -0.2) is 9.69 Å². The van der Waals surface area contributed by atoms with E-state index in [1.807, 2.05) is 72.8 Å². The number of hydrogen-bond donors (Lipinski definition) is 2. The molecule has 3 aromatic rings. The van der Waals surface area contributed by atoms with Crippen LogP contribution in [0.2, 0.25) is 0 Å². The molecule has 1 fully saturated rings. The van der Waals surface area contributed by atoms with E-state index in [1.54, 1.807) is 12.1 Å². The summed E-state index contributed by atoms with van der Waals surface area (Å²) < 4.78 is 11.0. The highest BCUT2D eigenvalue weighted by molar-refractivity contribution is 6.15. The number of ether oxygens (including phenoxy) is 2. The van der Waals surface area contributed by atoms with E-state index in [9.17, 15) is 9.59 Å². The Hall–Kier alpha value is -3.96. The Morgan fingerprint density at radius 3 is 2.24 bits per heavy atom. The van der Waals surface area contributed by atoms with Gasteiger partial charge in [0.25, 0.3) is 5.91 Å². The zero-order chi connectivity index (χ0) is 26.9. The van der Waals surface area contributed by atoms with Gasteiger partial charge < -0.3 is 20.5 Å². The van der Waals surface area contributed by atoms with Crippen molar-refractivity contribution in [2.75, 3.05) is 25.1 Å². The monoisotopic (exact) mass is 511 g/mol. The molecule has 0 aromatic heterocycles. The number of benzene rings is 3. The van der Waals surface area contributed by atoms with Crippen LogP contribution in [0.1, 0.15) is 29.0 Å². The van der Waals surface area contributed by atoms with Gasteiger partial charge in [-0.1, -0.05) is 84.8 Å². The van der Waals surface area contributed by atoms with Crippen molar-refractivity contribution in [2.24, 2.45) is 5.73 Å². The number of imide groups is 1. The lowest BCUT2D eigenvalue weighted by Crippen LogP contribution is -2.50. The van der Waals surface area contributed by atoms with E-state index in [0.29, 0.717) is 31.6 Å². The second kappa shape index (κ2) is 13.0. The third-order valence-electron chi connectivity index (χ3n) is 6.75. The van der Waals surface area contributed by atoms with Crippen LogP contribution in [-0.4, -0.2) is 50.4 Å². The molecule has 2 amide bonds. The molecule has 1 heterocycles. The number of nitrogens with one attached hydrogen (secondary N) is 1. The minimum absolute atomic E-state index is 0.0806. The molecule has 7 nitrogen and oxygen atoms in total. The number of carbonyl (C=O) groups is 2. The molecule has 3 N–H and O–H groups in total. The maximum Gasteiger partial charge on any atom is 0.420 e. The van der Waals surface area contributed by atoms with Gasteiger partial charge >= 0.3 is 6.09 Å². The Bertz CT molecular complexity index is 1220. The number of anilines is 1. The number of carbonyl (C=O) groups excluding carboxylic acids is 2. The van der Waals surface area contributed by atoms with Crippen LogP contribution in [0.3, 0.4) is 0 Å². The molecule has 0 spiro atoms. The largest absolute Gasteiger partial charge is 0.452 e. The Morgan fingerprint density at radius 2 is 1.63 bits per heavy atom. The van der Waals surface area contributed by atoms with Crippen molar-refractivity contribution in [3.05, 3.63) is 102 Å². The first-order valence-corrected chi connectivity index (χ1v) is 12.7. The molecule has 1 saturated heterocycles. The van der Waals surface area contributed by atoms with E-state index >= 15 is 0 Å². The van der Waals surface area contributed by atoms with Gasteiger partial charge in [-0.05, 0) is 35.6 Å². The van der Waals surface area contributed by atoms with Crippen molar-refractivity contribution in [1.29, 1.82) is 0 Å². The molecule has 196 valence electrons. The molecule has 0 aliphatic carbocycles. The normalized spacial score (nSPS) is 17.8. The summed E-state index contributed by atoms with van der Waals surface area (Å²) >= 11 is 0. The average molecular weight is 512 g/mol. The minimum Gasteiger partial charge on any atom is -0.452 e. The summed E-state index contributed by atoms with van der Waals surface area (Å²) in [7, 11) is 1.25. The number of hydrogen-bond acceptors (Lipinski definition) is 6. The number of para-hydroxylation sites is 1. The van der Waals surface area contributed by atoms with Crippen molar-refractivity contribution in [2.45, 2.75) is 37.0 Å². The first kappa shape index (κ1) is 27.1. The van der Waals surface area contributed by atoms with E-state index in [-0.39, 0.29) is 12.2 Å². The summed E-state index contributed by atoms with van der Waals surface area (Å²) in [5, 5.41) is 3.29. The summed E-state index contributed by atoms with van der Waals surface area (Å²) in [5.41, 5.74) is 9.68. The van der Waals surface area contributed by atoms with E-state index in [0.717, 1.165) is 21.6 Å². The topological polar surface area (TPSA) is 93.9 Å². The summed E-state index contributed by atoms with van der Waals surface area (Å²) in [4.78, 5) is 28.1. The van der Waals surface area contributed by atoms with Gasteiger partial charge in [0, 0.05) is 19.0 Å².